The molecular formula is C15H24N4O. The van der Waals surface area contributed by atoms with Crippen LogP contribution in [0.4, 0.5) is 5.95 Å². The lowest BCUT2D eigenvalue weighted by molar-refractivity contribution is -0.125. The van der Waals surface area contributed by atoms with E-state index in [4.69, 9.17) is 0 Å². The Bertz CT molecular complexity index is 449. The molecule has 1 aromatic heterocycles. The smallest absolute Gasteiger partial charge is 0.225 e. The molecule has 1 aliphatic heterocycles. The molecule has 0 spiro atoms. The minimum Gasteiger partial charge on any atom is -0.356 e. The third-order valence-electron chi connectivity index (χ3n) is 3.69. The summed E-state index contributed by atoms with van der Waals surface area (Å²) in [4.78, 5) is 23.0. The SMILES string of the molecule is CCCCNC(=O)[C@@H]1CCCN(c2nccc(C)n2)C1. The zero-order chi connectivity index (χ0) is 14.4. The van der Waals surface area contributed by atoms with Crippen molar-refractivity contribution in [1.29, 1.82) is 0 Å². The van der Waals surface area contributed by atoms with Crippen molar-refractivity contribution in [3.05, 3.63) is 18.0 Å². The van der Waals surface area contributed by atoms with Crippen molar-refractivity contribution in [1.82, 2.24) is 15.3 Å². The van der Waals surface area contributed by atoms with Crippen LogP contribution < -0.4 is 10.2 Å². The molecule has 1 amide bonds. The number of carbonyl (C=O) groups is 1. The molecule has 1 aliphatic rings. The number of anilines is 1. The fourth-order valence-corrected chi connectivity index (χ4v) is 2.49. The third kappa shape index (κ3) is 3.92. The van der Waals surface area contributed by atoms with Gasteiger partial charge in [0.25, 0.3) is 0 Å². The first-order valence-corrected chi connectivity index (χ1v) is 7.53. The molecule has 0 saturated carbocycles. The number of piperidine rings is 1. The van der Waals surface area contributed by atoms with Crippen molar-refractivity contribution >= 4 is 11.9 Å². The summed E-state index contributed by atoms with van der Waals surface area (Å²) in [6.45, 7) is 6.53. The van der Waals surface area contributed by atoms with Gasteiger partial charge < -0.3 is 10.2 Å². The molecule has 0 bridgehead atoms. The summed E-state index contributed by atoms with van der Waals surface area (Å²) in [6.07, 6.45) is 5.91. The average molecular weight is 276 g/mol. The number of rotatable bonds is 5. The van der Waals surface area contributed by atoms with Crippen LogP contribution in [-0.4, -0.2) is 35.5 Å². The van der Waals surface area contributed by atoms with Crippen LogP contribution in [0.3, 0.4) is 0 Å². The first kappa shape index (κ1) is 14.8. The van der Waals surface area contributed by atoms with Crippen LogP contribution in [0, 0.1) is 12.8 Å². The Balaban J connectivity index is 1.93. The Kier molecular flexibility index (Phi) is 5.32. The standard InChI is InChI=1S/C15H24N4O/c1-3-4-8-16-14(20)13-6-5-10-19(11-13)15-17-9-7-12(2)18-15/h7,9,13H,3-6,8,10-11H2,1-2H3,(H,16,20)/t13-/m1/s1. The number of nitrogens with zero attached hydrogens (tertiary/aromatic N) is 3. The van der Waals surface area contributed by atoms with Crippen LogP contribution in [0.2, 0.25) is 0 Å². The van der Waals surface area contributed by atoms with Gasteiger partial charge in [-0.25, -0.2) is 9.97 Å². The van der Waals surface area contributed by atoms with Gasteiger partial charge in [0.2, 0.25) is 11.9 Å². The van der Waals surface area contributed by atoms with Crippen LogP contribution >= 0.6 is 0 Å². The lowest BCUT2D eigenvalue weighted by atomic mass is 9.97. The summed E-state index contributed by atoms with van der Waals surface area (Å²) >= 11 is 0. The van der Waals surface area contributed by atoms with Crippen molar-refractivity contribution in [3.63, 3.8) is 0 Å². The minimum absolute atomic E-state index is 0.0599. The monoisotopic (exact) mass is 276 g/mol. The second kappa shape index (κ2) is 7.22. The normalized spacial score (nSPS) is 18.9. The van der Waals surface area contributed by atoms with E-state index in [1.807, 2.05) is 13.0 Å². The Hall–Kier alpha value is -1.65. The van der Waals surface area contributed by atoms with E-state index in [0.29, 0.717) is 0 Å². The van der Waals surface area contributed by atoms with Gasteiger partial charge in [-0.3, -0.25) is 4.79 Å². The predicted octanol–water partition coefficient (Wildman–Crippen LogP) is 1.92. The van der Waals surface area contributed by atoms with Crippen LogP contribution in [0.1, 0.15) is 38.3 Å². The van der Waals surface area contributed by atoms with E-state index < -0.39 is 0 Å². The van der Waals surface area contributed by atoms with Crippen molar-refractivity contribution < 1.29 is 4.79 Å². The second-order valence-corrected chi connectivity index (χ2v) is 5.43. The topological polar surface area (TPSA) is 58.1 Å². The molecule has 0 aromatic carbocycles. The number of hydrogen-bond donors (Lipinski definition) is 1. The van der Waals surface area contributed by atoms with Gasteiger partial charge >= 0.3 is 0 Å². The van der Waals surface area contributed by atoms with Gasteiger partial charge in [0.05, 0.1) is 5.92 Å². The Morgan fingerprint density at radius 1 is 1.55 bits per heavy atom. The number of hydrogen-bond acceptors (Lipinski definition) is 4. The number of aromatic nitrogens is 2. The highest BCUT2D eigenvalue weighted by Gasteiger charge is 2.26. The van der Waals surface area contributed by atoms with Crippen LogP contribution in [-0.2, 0) is 4.79 Å². The summed E-state index contributed by atoms with van der Waals surface area (Å²) in [6, 6.07) is 1.89. The Morgan fingerprint density at radius 2 is 2.40 bits per heavy atom. The highest BCUT2D eigenvalue weighted by molar-refractivity contribution is 5.79. The van der Waals surface area contributed by atoms with E-state index in [9.17, 15) is 4.79 Å². The largest absolute Gasteiger partial charge is 0.356 e. The number of aryl methyl sites for hydroxylation is 1. The van der Waals surface area contributed by atoms with Gasteiger partial charge in [-0.1, -0.05) is 13.3 Å². The molecule has 1 fully saturated rings. The van der Waals surface area contributed by atoms with Gasteiger partial charge in [0.15, 0.2) is 0 Å². The van der Waals surface area contributed by atoms with E-state index in [1.165, 1.54) is 0 Å². The highest BCUT2D eigenvalue weighted by Crippen LogP contribution is 2.20. The number of amides is 1. The summed E-state index contributed by atoms with van der Waals surface area (Å²) in [5.41, 5.74) is 0.963. The molecular weight excluding hydrogens is 252 g/mol. The molecule has 0 radical (unpaired) electrons. The van der Waals surface area contributed by atoms with Gasteiger partial charge in [-0.05, 0) is 32.3 Å². The fraction of sp³-hybridized carbons (Fsp3) is 0.667. The molecule has 110 valence electrons. The van der Waals surface area contributed by atoms with Crippen molar-refractivity contribution in [2.45, 2.75) is 39.5 Å². The Morgan fingerprint density at radius 3 is 3.15 bits per heavy atom. The van der Waals surface area contributed by atoms with Crippen LogP contribution in [0.15, 0.2) is 12.3 Å². The van der Waals surface area contributed by atoms with E-state index in [0.717, 1.165) is 57.0 Å². The number of nitrogens with one attached hydrogen (secondary N) is 1. The summed E-state index contributed by atoms with van der Waals surface area (Å²) in [7, 11) is 0. The van der Waals surface area contributed by atoms with E-state index >= 15 is 0 Å². The zero-order valence-electron chi connectivity index (χ0n) is 12.4. The predicted molar refractivity (Wildman–Crippen MR) is 79.6 cm³/mol. The molecule has 1 saturated heterocycles. The molecule has 1 aromatic rings. The fourth-order valence-electron chi connectivity index (χ4n) is 2.49. The highest BCUT2D eigenvalue weighted by atomic mass is 16.1. The maximum atomic E-state index is 12.1. The van der Waals surface area contributed by atoms with E-state index in [-0.39, 0.29) is 11.8 Å². The molecule has 0 aliphatic carbocycles. The third-order valence-corrected chi connectivity index (χ3v) is 3.69. The zero-order valence-corrected chi connectivity index (χ0v) is 12.4. The molecule has 2 rings (SSSR count). The van der Waals surface area contributed by atoms with Crippen molar-refractivity contribution in [3.8, 4) is 0 Å². The van der Waals surface area contributed by atoms with Crippen LogP contribution in [0.25, 0.3) is 0 Å². The Labute approximate surface area is 120 Å². The number of unbranched alkanes of at least 4 members (excludes halogenated alkanes) is 1. The lowest BCUT2D eigenvalue weighted by Gasteiger charge is -2.32. The molecule has 1 N–H and O–H groups in total. The first-order valence-electron chi connectivity index (χ1n) is 7.53. The molecule has 2 heterocycles. The molecule has 20 heavy (non-hydrogen) atoms. The van der Waals surface area contributed by atoms with Gasteiger partial charge in [0.1, 0.15) is 0 Å². The quantitative estimate of drug-likeness (QED) is 0.835. The number of carbonyl (C=O) groups excluding carboxylic acids is 1. The van der Waals surface area contributed by atoms with Crippen molar-refractivity contribution in [2.24, 2.45) is 5.92 Å². The molecule has 0 unspecified atom stereocenters. The molecule has 1 atom stereocenters. The van der Waals surface area contributed by atoms with E-state index in [2.05, 4.69) is 27.1 Å². The van der Waals surface area contributed by atoms with Gasteiger partial charge in [0, 0.05) is 31.5 Å². The first-order chi connectivity index (χ1) is 9.70. The van der Waals surface area contributed by atoms with Crippen LogP contribution in [0.5, 0.6) is 0 Å². The average Bonchev–Trinajstić information content (AvgIpc) is 2.47. The summed E-state index contributed by atoms with van der Waals surface area (Å²) < 4.78 is 0. The minimum atomic E-state index is 0.0599. The molecule has 5 nitrogen and oxygen atoms in total. The summed E-state index contributed by atoms with van der Waals surface area (Å²) in [5, 5.41) is 3.03. The van der Waals surface area contributed by atoms with Crippen molar-refractivity contribution in [2.75, 3.05) is 24.5 Å². The van der Waals surface area contributed by atoms with Gasteiger partial charge in [-0.15, -0.1) is 0 Å². The molecule has 5 heteroatoms. The lowest BCUT2D eigenvalue weighted by Crippen LogP contribution is -2.43. The summed E-state index contributed by atoms with van der Waals surface area (Å²) in [5.74, 6) is 0.983. The van der Waals surface area contributed by atoms with E-state index in [1.54, 1.807) is 6.20 Å². The maximum Gasteiger partial charge on any atom is 0.225 e. The van der Waals surface area contributed by atoms with Gasteiger partial charge in [-0.2, -0.15) is 0 Å². The maximum absolute atomic E-state index is 12.1. The second-order valence-electron chi connectivity index (χ2n) is 5.43.